The number of benzene rings is 10. The summed E-state index contributed by atoms with van der Waals surface area (Å²) in [5, 5.41) is 0. The monoisotopic (exact) mass is 1500 g/mol. The van der Waals surface area contributed by atoms with Crippen molar-refractivity contribution in [3.05, 3.63) is 244 Å². The molecule has 0 aliphatic carbocycles. The van der Waals surface area contributed by atoms with Crippen molar-refractivity contribution in [1.82, 2.24) is 0 Å². The summed E-state index contributed by atoms with van der Waals surface area (Å²) in [5.74, 6) is -144. The van der Waals surface area contributed by atoms with Gasteiger partial charge in [0, 0.05) is 11.1 Å². The van der Waals surface area contributed by atoms with Gasteiger partial charge in [0.25, 0.3) is 0 Å². The fraction of sp³-hybridized carbons (Fsp3) is 0.0164. The van der Waals surface area contributed by atoms with Gasteiger partial charge in [0.1, 0.15) is 40.7 Å². The van der Waals surface area contributed by atoms with Crippen LogP contribution in [0.2, 0.25) is 0 Å². The first kappa shape index (κ1) is 73.1. The summed E-state index contributed by atoms with van der Waals surface area (Å²) in [4.78, 5) is 0. The van der Waals surface area contributed by atoms with E-state index >= 15 is 123 Å². The Hall–Kier alpha value is -10.6. The summed E-state index contributed by atoms with van der Waals surface area (Å²) in [6.07, 6.45) is 0. The molecule has 10 rings (SSSR count). The van der Waals surface area contributed by atoms with Gasteiger partial charge in [-0.05, 0) is 18.6 Å². The Bertz CT molecular complexity index is 5110. The van der Waals surface area contributed by atoms with E-state index in [1.54, 1.807) is 0 Å². The molecule has 0 radical (unpaired) electrons. The first-order valence-corrected chi connectivity index (χ1v) is 25.4. The van der Waals surface area contributed by atoms with Crippen molar-refractivity contribution in [2.45, 2.75) is 6.92 Å². The minimum atomic E-state index is -4.21. The Morgan fingerprint density at radius 1 is 0.119 bits per heavy atom. The Morgan fingerprint density at radius 3 is 0.455 bits per heavy atom. The van der Waals surface area contributed by atoms with Gasteiger partial charge in [-0.15, -0.1) is 0 Å². The highest BCUT2D eigenvalue weighted by molar-refractivity contribution is 5.92. The summed E-state index contributed by atoms with van der Waals surface area (Å²) in [6.45, 7) is -0.284. The Kier molecular flexibility index (Phi) is 18.1. The zero-order chi connectivity index (χ0) is 75.8. The maximum absolute atomic E-state index is 17.9. The van der Waals surface area contributed by atoms with Gasteiger partial charge < -0.3 is 0 Å². The van der Waals surface area contributed by atoms with Crippen molar-refractivity contribution in [1.29, 1.82) is 0 Å². The van der Waals surface area contributed by atoms with Crippen LogP contribution in [-0.2, 0) is 0 Å². The third kappa shape index (κ3) is 9.99. The van der Waals surface area contributed by atoms with Gasteiger partial charge in [-0.1, -0.05) is 0 Å². The minimum Gasteiger partial charge on any atom is -0.206 e. The first-order chi connectivity index (χ1) is 46.8. The Morgan fingerprint density at radius 2 is 0.248 bits per heavy atom. The van der Waals surface area contributed by atoms with E-state index in [-0.39, 0.29) is 6.92 Å². The molecule has 40 heteroatoms. The maximum atomic E-state index is 17.9. The molecule has 10 aromatic carbocycles. The van der Waals surface area contributed by atoms with Gasteiger partial charge >= 0.3 is 0 Å². The molecule has 528 valence electrons. The quantitative estimate of drug-likeness (QED) is 0.0768. The van der Waals surface area contributed by atoms with E-state index in [1.165, 1.54) is 0 Å². The summed E-state index contributed by atoms with van der Waals surface area (Å²) < 4.78 is 631. The molecule has 10 aromatic rings. The number of halogens is 40. The van der Waals surface area contributed by atoms with Gasteiger partial charge in [0.05, 0.1) is 89.0 Å². The van der Waals surface area contributed by atoms with E-state index in [1.807, 2.05) is 0 Å². The molecule has 0 aromatic heterocycles. The zero-order valence-corrected chi connectivity index (χ0v) is 46.2. The van der Waals surface area contributed by atoms with Crippen molar-refractivity contribution in [2.75, 3.05) is 0 Å². The molecule has 0 nitrogen and oxygen atoms in total. The largest absolute Gasteiger partial charge is 0.206 e. The van der Waals surface area contributed by atoms with Gasteiger partial charge in [-0.3, -0.25) is 0 Å². The van der Waals surface area contributed by atoms with Crippen LogP contribution in [0.5, 0.6) is 0 Å². The summed E-state index contributed by atoms with van der Waals surface area (Å²) in [5.41, 5.74) is -63.9. The molecule has 0 bridgehead atoms. The second-order valence-electron chi connectivity index (χ2n) is 20.2. The lowest BCUT2D eigenvalue weighted by molar-refractivity contribution is 0.379. The maximum Gasteiger partial charge on any atom is 0.200 e. The van der Waals surface area contributed by atoms with Crippen LogP contribution in [-0.4, -0.2) is 0 Å². The Labute approximate surface area is 526 Å². The van der Waals surface area contributed by atoms with E-state index in [2.05, 4.69) is 0 Å². The molecule has 0 aliphatic heterocycles. The minimum absolute atomic E-state index is 0.284. The van der Waals surface area contributed by atoms with Crippen LogP contribution >= 0.6 is 0 Å². The highest BCUT2D eigenvalue weighted by atomic mass is 19.2. The standard InChI is InChI=1S/C61H4F40/c1-3-6(8-46(86)53(93)59(99)54(94)47(8)87)32(72)35(75)9(23(3)63)10-26(66)11(28(68)13(27(10)67)16-36(76)33(73)7(34(74)37(16)77)4-2-5(62)25(65)52(92)24(4)64)12-29(69)14(17-38(78)42(82)19(43(83)39(17)79)21-48(88)55(95)60(100)56(96)49(21)89)31(71)15(30(12)70)18-40(80)44(84)20(45(85)41(18)81)22-50(90)57(97)61(101)58(98)51(22)91/h2H,1H3. The van der Waals surface area contributed by atoms with Crippen molar-refractivity contribution in [3.8, 4) is 100 Å². The van der Waals surface area contributed by atoms with E-state index < -0.39 is 344 Å². The molecule has 101 heavy (non-hydrogen) atoms. The van der Waals surface area contributed by atoms with Crippen molar-refractivity contribution >= 4 is 0 Å². The lowest BCUT2D eigenvalue weighted by Crippen LogP contribution is -2.15. The van der Waals surface area contributed by atoms with Crippen molar-refractivity contribution in [3.63, 3.8) is 0 Å². The third-order valence-electron chi connectivity index (χ3n) is 15.0. The SMILES string of the molecule is Cc1c(F)c(-c2c(F)c(-c3c(F)c(F)c(-c4cc(F)c(F)c(F)c4F)c(F)c3F)c(F)c(-c3c(F)c(-c4c(F)c(F)c(-c5c(F)c(F)c(F)c(F)c5F)c(F)c4F)c(F)c(-c4c(F)c(F)c(-c5c(F)c(F)c(F)c(F)c5F)c(F)c4F)c3F)c2F)c(F)c(F)c1-c1c(F)c(F)c(F)c(F)c1F. The lowest BCUT2D eigenvalue weighted by atomic mass is 9.84. The molecule has 0 aliphatic rings. The second-order valence-corrected chi connectivity index (χ2v) is 20.2. The van der Waals surface area contributed by atoms with Crippen LogP contribution in [0.25, 0.3) is 100 Å². The normalized spacial score (nSPS) is 11.8. The van der Waals surface area contributed by atoms with Crippen LogP contribution in [0.3, 0.4) is 0 Å². The van der Waals surface area contributed by atoms with Crippen LogP contribution in [0.4, 0.5) is 176 Å². The third-order valence-corrected chi connectivity index (χ3v) is 15.0. The van der Waals surface area contributed by atoms with Gasteiger partial charge in [0.15, 0.2) is 175 Å². The predicted octanol–water partition coefficient (Wildman–Crippen LogP) is 22.6. The molecule has 0 spiro atoms. The topological polar surface area (TPSA) is 0 Å². The molecule has 0 N–H and O–H groups in total. The summed E-state index contributed by atoms with van der Waals surface area (Å²) >= 11 is 0. The van der Waals surface area contributed by atoms with Crippen LogP contribution < -0.4 is 0 Å². The van der Waals surface area contributed by atoms with Crippen molar-refractivity contribution < 1.29 is 176 Å². The van der Waals surface area contributed by atoms with Crippen LogP contribution in [0.15, 0.2) is 6.07 Å². The highest BCUT2D eigenvalue weighted by Gasteiger charge is 2.46. The summed E-state index contributed by atoms with van der Waals surface area (Å²) in [7, 11) is 0. The highest BCUT2D eigenvalue weighted by Crippen LogP contribution is 2.54. The number of rotatable bonds is 9. The van der Waals surface area contributed by atoms with Gasteiger partial charge in [-0.2, -0.15) is 0 Å². The van der Waals surface area contributed by atoms with E-state index in [4.69, 9.17) is 0 Å². The lowest BCUT2D eigenvalue weighted by Gasteiger charge is -2.23. The second kappa shape index (κ2) is 24.9. The van der Waals surface area contributed by atoms with Crippen LogP contribution in [0, 0.1) is 240 Å². The van der Waals surface area contributed by atoms with Crippen LogP contribution in [0.1, 0.15) is 5.56 Å². The number of hydrogen-bond donors (Lipinski definition) is 0. The fourth-order valence-electron chi connectivity index (χ4n) is 10.4. The number of hydrogen-bond acceptors (Lipinski definition) is 0. The predicted molar refractivity (Wildman–Crippen MR) is 258 cm³/mol. The van der Waals surface area contributed by atoms with Crippen molar-refractivity contribution in [2.24, 2.45) is 0 Å². The molecule has 0 saturated heterocycles. The molecule has 0 atom stereocenters. The summed E-state index contributed by atoms with van der Waals surface area (Å²) in [6, 6.07) is -0.886. The van der Waals surface area contributed by atoms with E-state index in [0.29, 0.717) is 0 Å². The zero-order valence-electron chi connectivity index (χ0n) is 46.2. The van der Waals surface area contributed by atoms with Gasteiger partial charge in [-0.25, -0.2) is 176 Å². The van der Waals surface area contributed by atoms with E-state index in [9.17, 15) is 52.7 Å². The Balaban J connectivity index is 1.47. The van der Waals surface area contributed by atoms with E-state index in [0.717, 1.165) is 0 Å². The molecular formula is C61H4F40. The first-order valence-electron chi connectivity index (χ1n) is 25.4. The smallest absolute Gasteiger partial charge is 0.200 e. The average Bonchev–Trinajstić information content (AvgIpc) is 0.680. The molecular weight excluding hydrogens is 1490 g/mol. The molecule has 0 saturated carbocycles. The average molecular weight is 1500 g/mol. The molecule has 0 amide bonds. The van der Waals surface area contributed by atoms with Gasteiger partial charge in [0.2, 0.25) is 17.5 Å². The molecule has 0 fully saturated rings. The molecule has 0 heterocycles. The molecule has 0 unspecified atom stereocenters. The fourth-order valence-corrected chi connectivity index (χ4v) is 10.4.